The van der Waals surface area contributed by atoms with Crippen molar-refractivity contribution in [3.8, 4) is 11.3 Å². The molecule has 0 spiro atoms. The third-order valence-electron chi connectivity index (χ3n) is 3.56. The van der Waals surface area contributed by atoms with Crippen molar-refractivity contribution in [2.45, 2.75) is 0 Å². The van der Waals surface area contributed by atoms with E-state index < -0.39 is 0 Å². The standard InChI is InChI=1S/C14H12N6O/c1-20-6-7(4-17-20)13-10-5-16-19-14(21)9-2-8(15)3-11(18-13)12(9)10/h2-6,18H,15H2,1H3,(H,19,21). The first kappa shape index (κ1) is 11.7. The number of hydrazone groups is 1. The van der Waals surface area contributed by atoms with E-state index >= 15 is 0 Å². The molecule has 0 saturated carbocycles. The molecule has 2 aromatic heterocycles. The smallest absolute Gasteiger partial charge is 0.272 e. The van der Waals surface area contributed by atoms with Crippen LogP contribution >= 0.6 is 0 Å². The number of aryl methyl sites for hydroxylation is 1. The average molecular weight is 280 g/mol. The van der Waals surface area contributed by atoms with Gasteiger partial charge in [0, 0.05) is 41.0 Å². The van der Waals surface area contributed by atoms with Crippen LogP contribution in [0.2, 0.25) is 0 Å². The van der Waals surface area contributed by atoms with E-state index in [0.717, 1.165) is 27.7 Å². The van der Waals surface area contributed by atoms with Crippen molar-refractivity contribution in [1.29, 1.82) is 0 Å². The van der Waals surface area contributed by atoms with Crippen molar-refractivity contribution in [3.63, 3.8) is 0 Å². The molecule has 1 aromatic carbocycles. The normalized spacial score (nSPS) is 13.5. The maximum absolute atomic E-state index is 12.1. The van der Waals surface area contributed by atoms with Crippen LogP contribution < -0.4 is 11.2 Å². The molecule has 3 heterocycles. The molecule has 104 valence electrons. The summed E-state index contributed by atoms with van der Waals surface area (Å²) in [5.41, 5.74) is 12.9. The largest absolute Gasteiger partial charge is 0.399 e. The van der Waals surface area contributed by atoms with E-state index in [-0.39, 0.29) is 5.91 Å². The van der Waals surface area contributed by atoms with Gasteiger partial charge >= 0.3 is 0 Å². The molecule has 1 aliphatic heterocycles. The van der Waals surface area contributed by atoms with E-state index in [1.807, 2.05) is 19.3 Å². The number of nitrogens with two attached hydrogens (primary N) is 1. The van der Waals surface area contributed by atoms with Gasteiger partial charge in [0.05, 0.1) is 23.7 Å². The van der Waals surface area contributed by atoms with Gasteiger partial charge in [-0.2, -0.15) is 10.2 Å². The highest BCUT2D eigenvalue weighted by molar-refractivity contribution is 6.17. The quantitative estimate of drug-likeness (QED) is 0.584. The van der Waals surface area contributed by atoms with Crippen molar-refractivity contribution in [3.05, 3.63) is 35.7 Å². The first-order chi connectivity index (χ1) is 10.1. The lowest BCUT2D eigenvalue weighted by Crippen LogP contribution is -2.16. The van der Waals surface area contributed by atoms with Crippen molar-refractivity contribution in [2.75, 3.05) is 5.73 Å². The number of rotatable bonds is 1. The Hall–Kier alpha value is -3.09. The number of amides is 1. The van der Waals surface area contributed by atoms with Gasteiger partial charge in [-0.25, -0.2) is 5.43 Å². The molecule has 4 rings (SSSR count). The van der Waals surface area contributed by atoms with Gasteiger partial charge in [-0.15, -0.1) is 0 Å². The fourth-order valence-corrected chi connectivity index (χ4v) is 2.68. The Morgan fingerprint density at radius 3 is 2.95 bits per heavy atom. The lowest BCUT2D eigenvalue weighted by atomic mass is 10.0. The summed E-state index contributed by atoms with van der Waals surface area (Å²) < 4.78 is 1.72. The predicted molar refractivity (Wildman–Crippen MR) is 80.0 cm³/mol. The maximum Gasteiger partial charge on any atom is 0.272 e. The maximum atomic E-state index is 12.1. The third kappa shape index (κ3) is 1.64. The molecule has 1 amide bonds. The zero-order chi connectivity index (χ0) is 14.6. The Morgan fingerprint density at radius 1 is 1.33 bits per heavy atom. The van der Waals surface area contributed by atoms with E-state index in [9.17, 15) is 4.79 Å². The summed E-state index contributed by atoms with van der Waals surface area (Å²) in [6, 6.07) is 3.48. The summed E-state index contributed by atoms with van der Waals surface area (Å²) in [7, 11) is 1.85. The number of hydrogen-bond acceptors (Lipinski definition) is 4. The Labute approximate surface area is 119 Å². The molecule has 7 nitrogen and oxygen atoms in total. The topological polar surface area (TPSA) is 101 Å². The number of nitrogens with one attached hydrogen (secondary N) is 2. The van der Waals surface area contributed by atoms with Crippen LogP contribution in [0, 0.1) is 0 Å². The number of anilines is 1. The number of nitrogens with zero attached hydrogens (tertiary/aromatic N) is 3. The summed E-state index contributed by atoms with van der Waals surface area (Å²) in [5, 5.41) is 8.97. The number of aromatic amines is 1. The number of carbonyl (C=O) groups is 1. The molecule has 3 aromatic rings. The van der Waals surface area contributed by atoms with Gasteiger partial charge in [0.25, 0.3) is 5.91 Å². The van der Waals surface area contributed by atoms with Crippen LogP contribution in [0.1, 0.15) is 15.9 Å². The minimum Gasteiger partial charge on any atom is -0.399 e. The van der Waals surface area contributed by atoms with Crippen LogP contribution in [0.15, 0.2) is 29.6 Å². The zero-order valence-electron chi connectivity index (χ0n) is 11.2. The van der Waals surface area contributed by atoms with Crippen molar-refractivity contribution in [1.82, 2.24) is 20.2 Å². The van der Waals surface area contributed by atoms with Gasteiger partial charge in [-0.05, 0) is 12.1 Å². The number of hydrogen-bond donors (Lipinski definition) is 3. The van der Waals surface area contributed by atoms with E-state index in [2.05, 4.69) is 20.6 Å². The Bertz CT molecular complexity index is 917. The van der Waals surface area contributed by atoms with Crippen LogP contribution in [0.4, 0.5) is 5.69 Å². The zero-order valence-corrected chi connectivity index (χ0v) is 11.2. The summed E-state index contributed by atoms with van der Waals surface area (Å²) in [5.74, 6) is -0.265. The Kier molecular flexibility index (Phi) is 2.20. The van der Waals surface area contributed by atoms with Gasteiger partial charge in [-0.1, -0.05) is 0 Å². The lowest BCUT2D eigenvalue weighted by Gasteiger charge is -2.02. The summed E-state index contributed by atoms with van der Waals surface area (Å²) in [6.45, 7) is 0. The minimum atomic E-state index is -0.265. The van der Waals surface area contributed by atoms with E-state index in [1.165, 1.54) is 0 Å². The molecule has 0 fully saturated rings. The molecule has 0 radical (unpaired) electrons. The van der Waals surface area contributed by atoms with Crippen LogP contribution in [0.5, 0.6) is 0 Å². The molecule has 0 bridgehead atoms. The fourth-order valence-electron chi connectivity index (χ4n) is 2.68. The summed E-state index contributed by atoms with van der Waals surface area (Å²) in [6.07, 6.45) is 5.31. The third-order valence-corrected chi connectivity index (χ3v) is 3.56. The predicted octanol–water partition coefficient (Wildman–Crippen LogP) is 1.23. The van der Waals surface area contributed by atoms with Gasteiger partial charge in [0.15, 0.2) is 0 Å². The highest BCUT2D eigenvalue weighted by atomic mass is 16.2. The van der Waals surface area contributed by atoms with Crippen LogP contribution in [0.3, 0.4) is 0 Å². The van der Waals surface area contributed by atoms with Gasteiger partial charge in [0.2, 0.25) is 0 Å². The second kappa shape index (κ2) is 3.95. The molecule has 7 heteroatoms. The summed E-state index contributed by atoms with van der Waals surface area (Å²) >= 11 is 0. The monoisotopic (exact) mass is 280 g/mol. The molecular formula is C14H12N6O. The number of nitrogen functional groups attached to an aromatic ring is 1. The Balaban J connectivity index is 2.12. The molecule has 0 atom stereocenters. The number of benzene rings is 1. The van der Waals surface area contributed by atoms with E-state index in [0.29, 0.717) is 11.3 Å². The number of aromatic nitrogens is 3. The molecule has 0 saturated heterocycles. The fraction of sp³-hybridized carbons (Fsp3) is 0.0714. The van der Waals surface area contributed by atoms with E-state index in [4.69, 9.17) is 5.73 Å². The molecule has 0 aliphatic carbocycles. The molecule has 0 unspecified atom stereocenters. The molecule has 1 aliphatic rings. The van der Waals surface area contributed by atoms with Crippen molar-refractivity contribution < 1.29 is 4.79 Å². The van der Waals surface area contributed by atoms with Crippen LogP contribution in [0.25, 0.3) is 22.2 Å². The van der Waals surface area contributed by atoms with Gasteiger partial charge < -0.3 is 10.7 Å². The lowest BCUT2D eigenvalue weighted by molar-refractivity contribution is 0.0957. The van der Waals surface area contributed by atoms with Gasteiger partial charge in [-0.3, -0.25) is 9.48 Å². The minimum absolute atomic E-state index is 0.265. The second-order valence-corrected chi connectivity index (χ2v) is 5.01. The Morgan fingerprint density at radius 2 is 2.19 bits per heavy atom. The highest BCUT2D eigenvalue weighted by Gasteiger charge is 2.21. The number of H-pyrrole nitrogens is 1. The summed E-state index contributed by atoms with van der Waals surface area (Å²) in [4.78, 5) is 15.4. The average Bonchev–Trinajstić information content (AvgIpc) is 2.97. The second-order valence-electron chi connectivity index (χ2n) is 5.01. The van der Waals surface area contributed by atoms with E-state index in [1.54, 1.807) is 23.2 Å². The van der Waals surface area contributed by atoms with Crippen molar-refractivity contribution >= 4 is 28.7 Å². The SMILES string of the molecule is Cn1cc(-c2[nH]c3cc(N)cc4c3c2C=NNC4=O)cn1. The van der Waals surface area contributed by atoms with Gasteiger partial charge in [0.1, 0.15) is 0 Å². The highest BCUT2D eigenvalue weighted by Crippen LogP contribution is 2.33. The molecule has 4 N–H and O–H groups in total. The first-order valence-electron chi connectivity index (χ1n) is 6.41. The molecular weight excluding hydrogens is 268 g/mol. The van der Waals surface area contributed by atoms with Crippen LogP contribution in [-0.4, -0.2) is 26.9 Å². The number of carbonyl (C=O) groups excluding carboxylic acids is 1. The van der Waals surface area contributed by atoms with Crippen LogP contribution in [-0.2, 0) is 7.05 Å². The molecule has 21 heavy (non-hydrogen) atoms. The van der Waals surface area contributed by atoms with Crippen molar-refractivity contribution in [2.24, 2.45) is 12.1 Å². The first-order valence-corrected chi connectivity index (χ1v) is 6.41.